The second kappa shape index (κ2) is 3.38. The van der Waals surface area contributed by atoms with Crippen LogP contribution in [0.3, 0.4) is 0 Å². The van der Waals surface area contributed by atoms with Gasteiger partial charge in [-0.2, -0.15) is 0 Å². The summed E-state index contributed by atoms with van der Waals surface area (Å²) in [6, 6.07) is -1.11. The zero-order chi connectivity index (χ0) is 11.1. The van der Waals surface area contributed by atoms with Gasteiger partial charge in [-0.05, 0) is 6.92 Å². The van der Waals surface area contributed by atoms with E-state index < -0.39 is 36.4 Å². The third-order valence-corrected chi connectivity index (χ3v) is 2.60. The van der Waals surface area contributed by atoms with E-state index in [1.165, 1.54) is 0 Å². The molecule has 0 amide bonds. The van der Waals surface area contributed by atoms with E-state index >= 15 is 0 Å². The molecule has 1 saturated heterocycles. The van der Waals surface area contributed by atoms with Crippen molar-refractivity contribution in [2.45, 2.75) is 36.7 Å². The fraction of sp³-hybridized carbons (Fsp3) is 1.00. The predicted octanol–water partition coefficient (Wildman–Crippen LogP) is -3.94. The third kappa shape index (κ3) is 1.52. The summed E-state index contributed by atoms with van der Waals surface area (Å²) in [6.45, 7) is 0.360. The van der Waals surface area contributed by atoms with Crippen molar-refractivity contribution >= 4 is 0 Å². The molecule has 0 radical (unpaired) electrons. The summed E-state index contributed by atoms with van der Waals surface area (Å²) in [5, 5.41) is 57.6. The minimum atomic E-state index is -2.76. The van der Waals surface area contributed by atoms with Crippen LogP contribution in [0.4, 0.5) is 0 Å². The first-order valence-corrected chi connectivity index (χ1v) is 4.16. The Kier molecular flexibility index (Phi) is 2.85. The molecule has 14 heavy (non-hydrogen) atoms. The first kappa shape index (κ1) is 11.8. The van der Waals surface area contributed by atoms with Crippen LogP contribution in [0.5, 0.6) is 0 Å². The summed E-state index contributed by atoms with van der Waals surface area (Å²) in [7, 11) is 0. The van der Waals surface area contributed by atoms with Crippen LogP contribution in [0.25, 0.3) is 0 Å². The molecule has 0 bridgehead atoms. The van der Waals surface area contributed by atoms with E-state index in [0.717, 1.165) is 6.92 Å². The van der Waals surface area contributed by atoms with Gasteiger partial charge < -0.3 is 30.6 Å². The molecule has 0 spiro atoms. The fourth-order valence-corrected chi connectivity index (χ4v) is 1.40. The molecule has 1 aliphatic rings. The molecule has 0 aromatic rings. The third-order valence-electron chi connectivity index (χ3n) is 2.60. The molecule has 7 nitrogen and oxygen atoms in total. The minimum absolute atomic E-state index is 0.600. The lowest BCUT2D eigenvalue weighted by atomic mass is 9.83. The molecule has 7 N–H and O–H groups in total. The average Bonchev–Trinajstić information content (AvgIpc) is 2.09. The topological polar surface area (TPSA) is 133 Å². The second-order valence-electron chi connectivity index (χ2n) is 3.69. The van der Waals surface area contributed by atoms with Crippen molar-refractivity contribution in [3.05, 3.63) is 0 Å². The van der Waals surface area contributed by atoms with Crippen molar-refractivity contribution in [2.75, 3.05) is 6.61 Å². The van der Waals surface area contributed by atoms with Crippen LogP contribution in [0.1, 0.15) is 6.92 Å². The second-order valence-corrected chi connectivity index (χ2v) is 3.69. The molecule has 1 fully saturated rings. The van der Waals surface area contributed by atoms with Crippen molar-refractivity contribution in [3.8, 4) is 0 Å². The number of hydrogen-bond donors (Lipinski definition) is 7. The van der Waals surface area contributed by atoms with E-state index in [-0.39, 0.29) is 0 Å². The van der Waals surface area contributed by atoms with Gasteiger partial charge in [0.05, 0.1) is 12.6 Å². The van der Waals surface area contributed by atoms with Crippen LogP contribution in [0.15, 0.2) is 0 Å². The van der Waals surface area contributed by atoms with E-state index in [2.05, 4.69) is 0 Å². The molecule has 0 aliphatic carbocycles. The van der Waals surface area contributed by atoms with Gasteiger partial charge >= 0.3 is 0 Å². The lowest BCUT2D eigenvalue weighted by molar-refractivity contribution is -0.347. The molecule has 0 aromatic carbocycles. The molecule has 1 heterocycles. The summed E-state index contributed by atoms with van der Waals surface area (Å²) < 4.78 is 0. The van der Waals surface area contributed by atoms with Crippen molar-refractivity contribution in [1.82, 2.24) is 5.32 Å². The average molecular weight is 209 g/mol. The van der Waals surface area contributed by atoms with E-state index in [0.29, 0.717) is 0 Å². The zero-order valence-corrected chi connectivity index (χ0v) is 7.62. The molecular weight excluding hydrogens is 194 g/mol. The quantitative estimate of drug-likeness (QED) is 0.219. The maximum Gasteiger partial charge on any atom is 0.255 e. The van der Waals surface area contributed by atoms with Gasteiger partial charge in [0.1, 0.15) is 12.2 Å². The van der Waals surface area contributed by atoms with Gasteiger partial charge in [0.25, 0.3) is 5.91 Å². The van der Waals surface area contributed by atoms with Crippen molar-refractivity contribution in [3.63, 3.8) is 0 Å². The number of rotatable bonds is 1. The van der Waals surface area contributed by atoms with E-state index in [9.17, 15) is 25.5 Å². The van der Waals surface area contributed by atoms with Crippen LogP contribution >= 0.6 is 0 Å². The summed E-state index contributed by atoms with van der Waals surface area (Å²) in [6.07, 6.45) is -3.25. The van der Waals surface area contributed by atoms with Crippen molar-refractivity contribution in [1.29, 1.82) is 0 Å². The first-order valence-electron chi connectivity index (χ1n) is 4.16. The lowest BCUT2D eigenvalue weighted by Crippen LogP contribution is -2.78. The van der Waals surface area contributed by atoms with E-state index in [1.807, 2.05) is 5.32 Å². The summed E-state index contributed by atoms with van der Waals surface area (Å²) in [4.78, 5) is 0. The zero-order valence-electron chi connectivity index (χ0n) is 7.62. The standard InChI is InChI=1S/C7H15NO6/c1-6(12)5(11)4(10)3(2-9)8-7(6,13)14/h3-5,8-14H,2H2,1H3/t3-,4-,5+,6-/m1/s1. The van der Waals surface area contributed by atoms with Gasteiger partial charge in [-0.3, -0.25) is 5.32 Å². The van der Waals surface area contributed by atoms with E-state index in [1.54, 1.807) is 0 Å². The number of piperidine rings is 1. The van der Waals surface area contributed by atoms with Crippen LogP contribution in [-0.2, 0) is 0 Å². The molecule has 7 heteroatoms. The van der Waals surface area contributed by atoms with Gasteiger partial charge in [0, 0.05) is 0 Å². The fourth-order valence-electron chi connectivity index (χ4n) is 1.40. The van der Waals surface area contributed by atoms with Crippen LogP contribution in [-0.4, -0.2) is 67.0 Å². The highest BCUT2D eigenvalue weighted by molar-refractivity contribution is 5.05. The van der Waals surface area contributed by atoms with Gasteiger partial charge in [-0.25, -0.2) is 0 Å². The molecule has 0 aromatic heterocycles. The van der Waals surface area contributed by atoms with Crippen LogP contribution < -0.4 is 5.32 Å². The molecule has 1 aliphatic heterocycles. The number of aliphatic hydroxyl groups excluding tert-OH is 3. The number of aliphatic hydroxyl groups is 6. The van der Waals surface area contributed by atoms with Crippen LogP contribution in [0.2, 0.25) is 0 Å². The smallest absolute Gasteiger partial charge is 0.255 e. The minimum Gasteiger partial charge on any atom is -0.395 e. The number of nitrogens with one attached hydrogen (secondary N) is 1. The van der Waals surface area contributed by atoms with Gasteiger partial charge in [-0.1, -0.05) is 0 Å². The Balaban J connectivity index is 2.95. The molecule has 0 saturated carbocycles. The Labute approximate surface area is 80.2 Å². The largest absolute Gasteiger partial charge is 0.395 e. The van der Waals surface area contributed by atoms with Gasteiger partial charge in [0.2, 0.25) is 0 Å². The highest BCUT2D eigenvalue weighted by atomic mass is 16.6. The maximum atomic E-state index is 9.50. The Hall–Kier alpha value is -0.280. The molecule has 4 atom stereocenters. The summed E-state index contributed by atoms with van der Waals surface area (Å²) in [5.74, 6) is -2.76. The highest BCUT2D eigenvalue weighted by Crippen LogP contribution is 2.29. The van der Waals surface area contributed by atoms with Crippen molar-refractivity contribution in [2.24, 2.45) is 0 Å². The summed E-state index contributed by atoms with van der Waals surface area (Å²) in [5.41, 5.74) is -2.32. The SMILES string of the molecule is C[C@@]1(O)[C@@H](O)[C@H](O)[C@@H](CO)NC1(O)O. The first-order chi connectivity index (χ1) is 6.24. The highest BCUT2D eigenvalue weighted by Gasteiger charge is 2.58. The molecule has 0 unspecified atom stereocenters. The lowest BCUT2D eigenvalue weighted by Gasteiger charge is -2.49. The monoisotopic (exact) mass is 209 g/mol. The maximum absolute atomic E-state index is 9.50. The van der Waals surface area contributed by atoms with Gasteiger partial charge in [0.15, 0.2) is 5.60 Å². The Morgan fingerprint density at radius 3 is 2.14 bits per heavy atom. The van der Waals surface area contributed by atoms with Crippen LogP contribution in [0, 0.1) is 0 Å². The Morgan fingerprint density at radius 1 is 1.21 bits per heavy atom. The van der Waals surface area contributed by atoms with Gasteiger partial charge in [-0.15, -0.1) is 0 Å². The predicted molar refractivity (Wildman–Crippen MR) is 43.8 cm³/mol. The normalized spacial score (nSPS) is 47.8. The molecular formula is C7H15NO6. The molecule has 1 rings (SSSR count). The number of hydrogen-bond acceptors (Lipinski definition) is 7. The summed E-state index contributed by atoms with van der Waals surface area (Å²) >= 11 is 0. The Bertz CT molecular complexity index is 218. The van der Waals surface area contributed by atoms with E-state index in [4.69, 9.17) is 5.11 Å². The van der Waals surface area contributed by atoms with Crippen molar-refractivity contribution < 1.29 is 30.6 Å². The Morgan fingerprint density at radius 2 is 1.71 bits per heavy atom. The molecule has 84 valence electrons.